The van der Waals surface area contributed by atoms with Crippen LogP contribution >= 0.6 is 15.9 Å². The molecule has 1 saturated carbocycles. The monoisotopic (exact) mass is 548 g/mol. The van der Waals surface area contributed by atoms with Gasteiger partial charge in [-0.15, -0.1) is 0 Å². The first-order valence-corrected chi connectivity index (χ1v) is 13.5. The second-order valence-corrected chi connectivity index (χ2v) is 13.0. The van der Waals surface area contributed by atoms with E-state index >= 15 is 0 Å². The number of carbonyl (C=O) groups excluding carboxylic acids is 2. The SMILES string of the molecule is CC1(C)CC2CC(C)(CN2C(=O)COC(=O)c2cccc(S(=O)(=O)Nc3ccc(Br)cc3)c2)C1. The zero-order valence-electron chi connectivity index (χ0n) is 19.5. The third-order valence-electron chi connectivity index (χ3n) is 6.54. The summed E-state index contributed by atoms with van der Waals surface area (Å²) < 4.78 is 34.1. The zero-order valence-corrected chi connectivity index (χ0v) is 21.9. The van der Waals surface area contributed by atoms with Gasteiger partial charge in [-0.2, -0.15) is 0 Å². The zero-order chi connectivity index (χ0) is 24.7. The first-order chi connectivity index (χ1) is 15.9. The molecule has 2 aliphatic rings. The van der Waals surface area contributed by atoms with E-state index < -0.39 is 16.0 Å². The number of hydrogen-bond acceptors (Lipinski definition) is 5. The molecule has 2 unspecified atom stereocenters. The van der Waals surface area contributed by atoms with E-state index in [1.54, 1.807) is 24.3 Å². The smallest absolute Gasteiger partial charge is 0.338 e. The van der Waals surface area contributed by atoms with Crippen molar-refractivity contribution in [3.63, 3.8) is 0 Å². The molecule has 2 aromatic carbocycles. The van der Waals surface area contributed by atoms with Crippen molar-refractivity contribution in [3.05, 3.63) is 58.6 Å². The number of nitrogens with zero attached hydrogens (tertiary/aromatic N) is 1. The predicted octanol–water partition coefficient (Wildman–Crippen LogP) is 4.83. The normalized spacial score (nSPS) is 23.4. The third kappa shape index (κ3) is 5.46. The van der Waals surface area contributed by atoms with Crippen molar-refractivity contribution in [1.29, 1.82) is 0 Å². The number of benzene rings is 2. The summed E-state index contributed by atoms with van der Waals surface area (Å²) in [6.07, 6.45) is 2.98. The Kier molecular flexibility index (Phi) is 6.54. The highest BCUT2D eigenvalue weighted by Crippen LogP contribution is 2.52. The summed E-state index contributed by atoms with van der Waals surface area (Å²) in [5.74, 6) is -0.941. The Balaban J connectivity index is 1.40. The minimum Gasteiger partial charge on any atom is -0.452 e. The number of amides is 1. The molecule has 7 nitrogen and oxygen atoms in total. The molecule has 2 bridgehead atoms. The van der Waals surface area contributed by atoms with E-state index in [4.69, 9.17) is 4.74 Å². The third-order valence-corrected chi connectivity index (χ3v) is 8.45. The maximum atomic E-state index is 12.9. The van der Waals surface area contributed by atoms with Crippen LogP contribution in [0.1, 0.15) is 50.4 Å². The number of hydrogen-bond donors (Lipinski definition) is 1. The summed E-state index contributed by atoms with van der Waals surface area (Å²) >= 11 is 3.31. The van der Waals surface area contributed by atoms with Crippen LogP contribution in [0.4, 0.5) is 5.69 Å². The number of rotatable bonds is 6. The van der Waals surface area contributed by atoms with Crippen molar-refractivity contribution in [1.82, 2.24) is 4.90 Å². The Morgan fingerprint density at radius 3 is 2.53 bits per heavy atom. The summed E-state index contributed by atoms with van der Waals surface area (Å²) in [7, 11) is -3.90. The van der Waals surface area contributed by atoms with Gasteiger partial charge in [-0.25, -0.2) is 13.2 Å². The minimum absolute atomic E-state index is 0.0692. The quantitative estimate of drug-likeness (QED) is 0.521. The molecule has 0 spiro atoms. The fourth-order valence-electron chi connectivity index (χ4n) is 5.57. The molecule has 2 fully saturated rings. The molecule has 1 amide bonds. The fraction of sp³-hybridized carbons (Fsp3) is 0.440. The largest absolute Gasteiger partial charge is 0.452 e. The highest BCUT2D eigenvalue weighted by atomic mass is 79.9. The number of likely N-dealkylation sites (tertiary alicyclic amines) is 1. The number of anilines is 1. The van der Waals surface area contributed by atoms with Crippen LogP contribution in [0, 0.1) is 10.8 Å². The molecule has 1 aliphatic heterocycles. The molecular formula is C25H29BrN2O5S. The van der Waals surface area contributed by atoms with Gasteiger partial charge in [0.15, 0.2) is 6.61 Å². The molecule has 0 radical (unpaired) electrons. The second kappa shape index (κ2) is 9.00. The Labute approximate surface area is 209 Å². The van der Waals surface area contributed by atoms with E-state index in [1.165, 1.54) is 24.3 Å². The number of halogens is 1. The number of nitrogens with one attached hydrogen (secondary N) is 1. The topological polar surface area (TPSA) is 92.8 Å². The fourth-order valence-corrected chi connectivity index (χ4v) is 6.94. The molecule has 4 rings (SSSR count). The van der Waals surface area contributed by atoms with E-state index in [0.29, 0.717) is 12.2 Å². The van der Waals surface area contributed by atoms with Crippen molar-refractivity contribution in [2.45, 2.75) is 51.0 Å². The van der Waals surface area contributed by atoms with E-state index in [2.05, 4.69) is 41.4 Å². The molecule has 182 valence electrons. The Bertz CT molecular complexity index is 1210. The number of sulfonamides is 1. The Morgan fingerprint density at radius 1 is 1.12 bits per heavy atom. The molecule has 34 heavy (non-hydrogen) atoms. The number of ether oxygens (including phenoxy) is 1. The molecule has 2 aromatic rings. The Hall–Kier alpha value is -2.39. The van der Waals surface area contributed by atoms with Crippen LogP contribution in [0.25, 0.3) is 0 Å². The van der Waals surface area contributed by atoms with Crippen molar-refractivity contribution >= 4 is 43.5 Å². The van der Waals surface area contributed by atoms with E-state index in [0.717, 1.165) is 23.7 Å². The molecule has 1 aliphatic carbocycles. The lowest BCUT2D eigenvalue weighted by Crippen LogP contribution is -2.39. The van der Waals surface area contributed by atoms with Gasteiger partial charge in [-0.1, -0.05) is 42.8 Å². The van der Waals surface area contributed by atoms with Gasteiger partial charge in [0.05, 0.1) is 10.5 Å². The van der Waals surface area contributed by atoms with Crippen LogP contribution in [0.15, 0.2) is 57.9 Å². The second-order valence-electron chi connectivity index (χ2n) is 10.5. The molecule has 2 atom stereocenters. The summed E-state index contributed by atoms with van der Waals surface area (Å²) in [6, 6.07) is 12.4. The highest BCUT2D eigenvalue weighted by Gasteiger charge is 2.50. The number of carbonyl (C=O) groups is 2. The molecule has 1 heterocycles. The van der Waals surface area contributed by atoms with Gasteiger partial charge in [0.2, 0.25) is 0 Å². The van der Waals surface area contributed by atoms with Crippen LogP contribution in [0.5, 0.6) is 0 Å². The molecular weight excluding hydrogens is 520 g/mol. The first kappa shape index (κ1) is 24.7. The minimum atomic E-state index is -3.90. The van der Waals surface area contributed by atoms with Crippen LogP contribution in [-0.4, -0.2) is 44.4 Å². The van der Waals surface area contributed by atoms with E-state index in [-0.39, 0.29) is 39.8 Å². The summed E-state index contributed by atoms with van der Waals surface area (Å²) in [6.45, 7) is 7.00. The number of fused-ring (bicyclic) bond motifs is 2. The van der Waals surface area contributed by atoms with Crippen molar-refractivity contribution in [2.24, 2.45) is 10.8 Å². The van der Waals surface area contributed by atoms with Crippen LogP contribution in [0.2, 0.25) is 0 Å². The molecule has 9 heteroatoms. The molecule has 0 aromatic heterocycles. The average Bonchev–Trinajstić information content (AvgIpc) is 3.02. The van der Waals surface area contributed by atoms with E-state index in [9.17, 15) is 18.0 Å². The lowest BCUT2D eigenvalue weighted by molar-refractivity contribution is -0.135. The van der Waals surface area contributed by atoms with Crippen molar-refractivity contribution < 1.29 is 22.7 Å². The van der Waals surface area contributed by atoms with Gasteiger partial charge in [0.25, 0.3) is 15.9 Å². The number of esters is 1. The Morgan fingerprint density at radius 2 is 1.82 bits per heavy atom. The summed E-state index contributed by atoms with van der Waals surface area (Å²) in [4.78, 5) is 27.3. The van der Waals surface area contributed by atoms with Crippen molar-refractivity contribution in [2.75, 3.05) is 17.9 Å². The van der Waals surface area contributed by atoms with Crippen LogP contribution < -0.4 is 4.72 Å². The summed E-state index contributed by atoms with van der Waals surface area (Å²) in [5.41, 5.74) is 0.741. The maximum absolute atomic E-state index is 12.9. The van der Waals surface area contributed by atoms with Crippen molar-refractivity contribution in [3.8, 4) is 0 Å². The standard InChI is InChI=1S/C25H29BrN2O5S/c1-24(2)12-20-13-25(3,15-24)16-28(20)22(29)14-33-23(30)17-5-4-6-21(11-17)34(31,32)27-19-9-7-18(26)8-10-19/h4-11,20,27H,12-16H2,1-3H3. The van der Waals surface area contributed by atoms with Gasteiger partial charge in [-0.3, -0.25) is 9.52 Å². The molecule has 1 saturated heterocycles. The van der Waals surface area contributed by atoms with Gasteiger partial charge in [0, 0.05) is 22.7 Å². The molecule has 1 N–H and O–H groups in total. The average molecular weight is 549 g/mol. The predicted molar refractivity (Wildman–Crippen MR) is 133 cm³/mol. The summed E-state index contributed by atoms with van der Waals surface area (Å²) in [5, 5.41) is 0. The van der Waals surface area contributed by atoms with Gasteiger partial charge >= 0.3 is 5.97 Å². The lowest BCUT2D eigenvalue weighted by atomic mass is 9.65. The first-order valence-electron chi connectivity index (χ1n) is 11.2. The highest BCUT2D eigenvalue weighted by molar-refractivity contribution is 9.10. The van der Waals surface area contributed by atoms with Crippen LogP contribution in [0.3, 0.4) is 0 Å². The van der Waals surface area contributed by atoms with Gasteiger partial charge < -0.3 is 9.64 Å². The van der Waals surface area contributed by atoms with Gasteiger partial charge in [-0.05, 0) is 72.6 Å². The lowest BCUT2D eigenvalue weighted by Gasteiger charge is -2.39. The van der Waals surface area contributed by atoms with Crippen LogP contribution in [-0.2, 0) is 19.6 Å². The van der Waals surface area contributed by atoms with Gasteiger partial charge in [0.1, 0.15) is 0 Å². The maximum Gasteiger partial charge on any atom is 0.338 e. The van der Waals surface area contributed by atoms with E-state index in [1.807, 2.05) is 4.90 Å².